The van der Waals surface area contributed by atoms with Crippen LogP contribution in [0, 0.1) is 5.82 Å². The molecular formula is C24H25FN2O3. The molecule has 0 aromatic heterocycles. The molecule has 1 atom stereocenters. The Morgan fingerprint density at radius 3 is 2.37 bits per heavy atom. The molecule has 0 aliphatic carbocycles. The Labute approximate surface area is 176 Å². The zero-order valence-corrected chi connectivity index (χ0v) is 17.0. The number of hydrogen-bond acceptors (Lipinski definition) is 4. The number of methoxy groups -OCH3 is 1. The highest BCUT2D eigenvalue weighted by atomic mass is 19.1. The number of piperazine rings is 1. The third-order valence-corrected chi connectivity index (χ3v) is 5.67. The van der Waals surface area contributed by atoms with E-state index in [9.17, 15) is 9.18 Å². The van der Waals surface area contributed by atoms with E-state index in [-0.39, 0.29) is 11.7 Å². The maximum absolute atomic E-state index is 13.4. The van der Waals surface area contributed by atoms with Gasteiger partial charge in [0.1, 0.15) is 17.7 Å². The van der Waals surface area contributed by atoms with E-state index >= 15 is 0 Å². The van der Waals surface area contributed by atoms with E-state index in [1.165, 1.54) is 12.1 Å². The minimum atomic E-state index is -0.411. The molecule has 0 N–H and O–H groups in total. The quantitative estimate of drug-likeness (QED) is 0.756. The molecule has 1 fully saturated rings. The summed E-state index contributed by atoms with van der Waals surface area (Å²) in [5, 5.41) is 0. The van der Waals surface area contributed by atoms with Crippen molar-refractivity contribution in [1.82, 2.24) is 4.90 Å². The molecule has 2 aromatic rings. The van der Waals surface area contributed by atoms with E-state index in [1.54, 1.807) is 25.3 Å². The predicted molar refractivity (Wildman–Crippen MR) is 114 cm³/mol. The van der Waals surface area contributed by atoms with Gasteiger partial charge in [-0.3, -0.25) is 4.79 Å². The first kappa shape index (κ1) is 20.2. The zero-order valence-electron chi connectivity index (χ0n) is 17.0. The molecule has 2 aliphatic rings. The summed E-state index contributed by atoms with van der Waals surface area (Å²) in [4.78, 5) is 17.4. The van der Waals surface area contributed by atoms with Gasteiger partial charge in [-0.25, -0.2) is 4.39 Å². The third-order valence-electron chi connectivity index (χ3n) is 5.67. The average Bonchev–Trinajstić information content (AvgIpc) is 3.23. The number of benzene rings is 2. The van der Waals surface area contributed by atoms with Crippen molar-refractivity contribution in [3.63, 3.8) is 0 Å². The molecule has 0 spiro atoms. The van der Waals surface area contributed by atoms with Crippen LogP contribution in [-0.2, 0) is 9.53 Å². The number of hydrogen-bond donors (Lipinski definition) is 0. The van der Waals surface area contributed by atoms with Crippen LogP contribution in [0.5, 0.6) is 5.75 Å². The van der Waals surface area contributed by atoms with Gasteiger partial charge in [-0.1, -0.05) is 24.8 Å². The number of carbonyl (C=O) groups excluding carboxylic acids is 1. The van der Waals surface area contributed by atoms with Crippen LogP contribution in [0.1, 0.15) is 11.7 Å². The lowest BCUT2D eigenvalue weighted by molar-refractivity contribution is -0.128. The Bertz CT molecular complexity index is 945. The molecule has 2 aromatic carbocycles. The van der Waals surface area contributed by atoms with E-state index in [1.807, 2.05) is 29.2 Å². The second kappa shape index (κ2) is 8.71. The van der Waals surface area contributed by atoms with E-state index in [4.69, 9.17) is 9.47 Å². The Morgan fingerprint density at radius 1 is 1.10 bits per heavy atom. The van der Waals surface area contributed by atoms with Crippen molar-refractivity contribution in [2.24, 2.45) is 0 Å². The second-order valence-electron chi connectivity index (χ2n) is 7.36. The molecule has 0 radical (unpaired) electrons. The zero-order chi connectivity index (χ0) is 21.1. The molecule has 6 heteroatoms. The van der Waals surface area contributed by atoms with Crippen molar-refractivity contribution < 1.29 is 18.7 Å². The van der Waals surface area contributed by atoms with E-state index < -0.39 is 6.10 Å². The number of carbonyl (C=O) groups is 1. The average molecular weight is 408 g/mol. The van der Waals surface area contributed by atoms with Gasteiger partial charge in [0.15, 0.2) is 0 Å². The van der Waals surface area contributed by atoms with Gasteiger partial charge < -0.3 is 19.3 Å². The highest BCUT2D eigenvalue weighted by molar-refractivity contribution is 5.96. The SMILES string of the molecule is C=CC1=C(C(=O)N2CCN(c3ccc(F)cc3)CC2)C(c2ccc(OC)cc2)OC1. The maximum atomic E-state index is 13.4. The van der Waals surface area contributed by atoms with E-state index in [2.05, 4.69) is 11.5 Å². The Kier molecular flexibility index (Phi) is 5.86. The Hall–Kier alpha value is -3.12. The van der Waals surface area contributed by atoms with Crippen LogP contribution in [0.2, 0.25) is 0 Å². The topological polar surface area (TPSA) is 42.0 Å². The van der Waals surface area contributed by atoms with Crippen molar-refractivity contribution >= 4 is 11.6 Å². The number of rotatable bonds is 5. The van der Waals surface area contributed by atoms with Crippen LogP contribution in [0.15, 0.2) is 72.3 Å². The standard InChI is InChI=1S/C24H25FN2O3/c1-3-17-16-30-23(18-4-10-21(29-2)11-5-18)22(17)24(28)27-14-12-26(13-15-27)20-8-6-19(25)7-9-20/h3-11,23H,1,12-16H2,2H3. The Morgan fingerprint density at radius 2 is 1.77 bits per heavy atom. The van der Waals surface area contributed by atoms with Crippen LogP contribution in [0.25, 0.3) is 0 Å². The molecule has 1 saturated heterocycles. The first-order valence-corrected chi connectivity index (χ1v) is 10.0. The fourth-order valence-corrected chi connectivity index (χ4v) is 3.95. The number of ether oxygens (including phenoxy) is 2. The van der Waals surface area contributed by atoms with Crippen LogP contribution >= 0.6 is 0 Å². The van der Waals surface area contributed by atoms with Crippen molar-refractivity contribution in [1.29, 1.82) is 0 Å². The van der Waals surface area contributed by atoms with Crippen molar-refractivity contribution in [2.75, 3.05) is 44.8 Å². The normalized spacial score (nSPS) is 19.2. The van der Waals surface area contributed by atoms with Crippen LogP contribution in [0.3, 0.4) is 0 Å². The summed E-state index contributed by atoms with van der Waals surface area (Å²) in [6.45, 7) is 6.83. The van der Waals surface area contributed by atoms with Gasteiger partial charge in [-0.15, -0.1) is 0 Å². The highest BCUT2D eigenvalue weighted by Gasteiger charge is 2.35. The monoisotopic (exact) mass is 408 g/mol. The summed E-state index contributed by atoms with van der Waals surface area (Å²) in [7, 11) is 1.62. The molecule has 2 heterocycles. The van der Waals surface area contributed by atoms with Gasteiger partial charge in [-0.2, -0.15) is 0 Å². The van der Waals surface area contributed by atoms with Crippen molar-refractivity contribution in [3.05, 3.63) is 83.7 Å². The van der Waals surface area contributed by atoms with Gasteiger partial charge in [0.05, 0.1) is 19.3 Å². The predicted octanol–water partition coefficient (Wildman–Crippen LogP) is 3.74. The summed E-state index contributed by atoms with van der Waals surface area (Å²) in [6.07, 6.45) is 1.30. The number of nitrogens with zero attached hydrogens (tertiary/aromatic N) is 2. The summed E-state index contributed by atoms with van der Waals surface area (Å²) >= 11 is 0. The summed E-state index contributed by atoms with van der Waals surface area (Å²) in [5.74, 6) is 0.499. The van der Waals surface area contributed by atoms with E-state index in [0.29, 0.717) is 38.4 Å². The first-order valence-electron chi connectivity index (χ1n) is 10.0. The molecular weight excluding hydrogens is 383 g/mol. The van der Waals surface area contributed by atoms with Crippen LogP contribution < -0.4 is 9.64 Å². The van der Waals surface area contributed by atoms with E-state index in [0.717, 1.165) is 22.6 Å². The molecule has 4 rings (SSSR count). The number of anilines is 1. The molecule has 1 amide bonds. The van der Waals surface area contributed by atoms with Gasteiger partial charge in [0.25, 0.3) is 5.91 Å². The smallest absolute Gasteiger partial charge is 0.253 e. The number of amides is 1. The van der Waals surface area contributed by atoms with Crippen LogP contribution in [0.4, 0.5) is 10.1 Å². The van der Waals surface area contributed by atoms with Crippen molar-refractivity contribution in [2.45, 2.75) is 6.10 Å². The van der Waals surface area contributed by atoms with Gasteiger partial charge in [-0.05, 0) is 47.5 Å². The summed E-state index contributed by atoms with van der Waals surface area (Å²) in [6, 6.07) is 14.1. The lowest BCUT2D eigenvalue weighted by atomic mass is 9.97. The molecule has 0 bridgehead atoms. The lowest BCUT2D eigenvalue weighted by Crippen LogP contribution is -2.49. The van der Waals surface area contributed by atoms with Gasteiger partial charge in [0, 0.05) is 31.9 Å². The molecule has 1 unspecified atom stereocenters. The molecule has 2 aliphatic heterocycles. The second-order valence-corrected chi connectivity index (χ2v) is 7.36. The molecule has 0 saturated carbocycles. The highest BCUT2D eigenvalue weighted by Crippen LogP contribution is 2.36. The molecule has 156 valence electrons. The third kappa shape index (κ3) is 3.96. The number of halogens is 1. The minimum Gasteiger partial charge on any atom is -0.497 e. The fraction of sp³-hybridized carbons (Fsp3) is 0.292. The molecule has 30 heavy (non-hydrogen) atoms. The fourth-order valence-electron chi connectivity index (χ4n) is 3.95. The van der Waals surface area contributed by atoms with Gasteiger partial charge in [0.2, 0.25) is 0 Å². The first-order chi connectivity index (χ1) is 14.6. The van der Waals surface area contributed by atoms with Gasteiger partial charge >= 0.3 is 0 Å². The Balaban J connectivity index is 1.49. The lowest BCUT2D eigenvalue weighted by Gasteiger charge is -2.36. The summed E-state index contributed by atoms with van der Waals surface area (Å²) in [5.41, 5.74) is 3.38. The minimum absolute atomic E-state index is 0.0121. The van der Waals surface area contributed by atoms with Crippen LogP contribution in [-0.4, -0.2) is 50.7 Å². The maximum Gasteiger partial charge on any atom is 0.253 e. The molecule has 5 nitrogen and oxygen atoms in total. The largest absolute Gasteiger partial charge is 0.497 e. The summed E-state index contributed by atoms with van der Waals surface area (Å²) < 4.78 is 24.4. The van der Waals surface area contributed by atoms with Crippen molar-refractivity contribution in [3.8, 4) is 5.75 Å².